The van der Waals surface area contributed by atoms with Gasteiger partial charge in [-0.2, -0.15) is 13.2 Å². The molecule has 3 nitrogen and oxygen atoms in total. The van der Waals surface area contributed by atoms with Gasteiger partial charge in [-0.05, 0) is 55.7 Å². The van der Waals surface area contributed by atoms with Crippen molar-refractivity contribution in [1.29, 1.82) is 0 Å². The Labute approximate surface area is 177 Å². The van der Waals surface area contributed by atoms with Gasteiger partial charge in [0.2, 0.25) is 0 Å². The van der Waals surface area contributed by atoms with E-state index in [0.717, 1.165) is 18.2 Å². The first kappa shape index (κ1) is 23.9. The Balaban J connectivity index is 2.11. The van der Waals surface area contributed by atoms with E-state index in [1.807, 2.05) is 0 Å². The number of rotatable bonds is 6. The highest BCUT2D eigenvalue weighted by molar-refractivity contribution is 6.31. The lowest BCUT2D eigenvalue weighted by Crippen LogP contribution is -2.25. The van der Waals surface area contributed by atoms with Gasteiger partial charge in [-0.1, -0.05) is 29.8 Å². The second-order valence-corrected chi connectivity index (χ2v) is 8.30. The molecule has 0 amide bonds. The van der Waals surface area contributed by atoms with Crippen molar-refractivity contribution in [3.8, 4) is 0 Å². The van der Waals surface area contributed by atoms with Crippen molar-refractivity contribution in [2.24, 2.45) is 0 Å². The van der Waals surface area contributed by atoms with Crippen molar-refractivity contribution >= 4 is 23.4 Å². The van der Waals surface area contributed by atoms with Gasteiger partial charge in [-0.15, -0.1) is 0 Å². The van der Waals surface area contributed by atoms with Crippen molar-refractivity contribution < 1.29 is 31.9 Å². The van der Waals surface area contributed by atoms with E-state index in [1.54, 1.807) is 20.8 Å². The molecule has 0 spiro atoms. The number of ketones is 1. The first-order valence-electron chi connectivity index (χ1n) is 9.11. The van der Waals surface area contributed by atoms with Gasteiger partial charge < -0.3 is 4.74 Å². The van der Waals surface area contributed by atoms with E-state index in [4.69, 9.17) is 16.3 Å². The second kappa shape index (κ2) is 9.16. The van der Waals surface area contributed by atoms with Crippen molar-refractivity contribution in [1.82, 2.24) is 0 Å². The summed E-state index contributed by atoms with van der Waals surface area (Å²) in [5.41, 5.74) is -1.03. The minimum absolute atomic E-state index is 0.0612. The molecule has 0 aliphatic heterocycles. The van der Waals surface area contributed by atoms with E-state index in [0.29, 0.717) is 5.56 Å². The van der Waals surface area contributed by atoms with Gasteiger partial charge in [0.1, 0.15) is 17.2 Å². The fraction of sp³-hybridized carbons (Fsp3) is 0.364. The number of halogens is 5. The van der Waals surface area contributed by atoms with Crippen LogP contribution in [0.25, 0.3) is 0 Å². The minimum Gasteiger partial charge on any atom is -0.460 e. The van der Waals surface area contributed by atoms with Crippen LogP contribution >= 0.6 is 11.6 Å². The predicted molar refractivity (Wildman–Crippen MR) is 105 cm³/mol. The number of hydrogen-bond acceptors (Lipinski definition) is 3. The SMILES string of the molecule is CC(C)(C)OC(=O)Cc1ccc(F)c(CC(=O)Cc2ccc(Cl)c(C(F)(F)F)c2)c1. The van der Waals surface area contributed by atoms with E-state index in [2.05, 4.69) is 0 Å². The highest BCUT2D eigenvalue weighted by Crippen LogP contribution is 2.35. The normalized spacial score (nSPS) is 12.0. The van der Waals surface area contributed by atoms with Gasteiger partial charge in [0.15, 0.2) is 0 Å². The molecular formula is C22H21ClF4O3. The summed E-state index contributed by atoms with van der Waals surface area (Å²) in [6, 6.07) is 7.17. The fourth-order valence-corrected chi connectivity index (χ4v) is 3.04. The number of carbonyl (C=O) groups excluding carboxylic acids is 2. The molecule has 0 aliphatic rings. The molecule has 0 aliphatic carbocycles. The maximum atomic E-state index is 14.1. The van der Waals surface area contributed by atoms with E-state index < -0.39 is 39.9 Å². The zero-order chi connectivity index (χ0) is 22.7. The minimum atomic E-state index is -4.64. The van der Waals surface area contributed by atoms with E-state index in [9.17, 15) is 27.2 Å². The molecule has 30 heavy (non-hydrogen) atoms. The molecule has 0 N–H and O–H groups in total. The highest BCUT2D eigenvalue weighted by Gasteiger charge is 2.33. The maximum Gasteiger partial charge on any atom is 0.417 e. The third-order valence-electron chi connectivity index (χ3n) is 4.00. The summed E-state index contributed by atoms with van der Waals surface area (Å²) in [6.07, 6.45) is -5.36. The molecule has 0 atom stereocenters. The Bertz CT molecular complexity index is 946. The fourth-order valence-electron chi connectivity index (χ4n) is 2.82. The average Bonchev–Trinajstić information content (AvgIpc) is 2.57. The molecule has 8 heteroatoms. The first-order chi connectivity index (χ1) is 13.7. The number of esters is 1. The van der Waals surface area contributed by atoms with Crippen molar-refractivity contribution in [3.05, 3.63) is 69.5 Å². The topological polar surface area (TPSA) is 43.4 Å². The van der Waals surface area contributed by atoms with Gasteiger partial charge in [0.25, 0.3) is 0 Å². The van der Waals surface area contributed by atoms with Crippen LogP contribution in [-0.2, 0) is 39.8 Å². The molecule has 0 aromatic heterocycles. The second-order valence-electron chi connectivity index (χ2n) is 7.89. The van der Waals surface area contributed by atoms with Crippen LogP contribution in [0.1, 0.15) is 43.0 Å². The molecule has 0 heterocycles. The average molecular weight is 445 g/mol. The third-order valence-corrected chi connectivity index (χ3v) is 4.33. The van der Waals surface area contributed by atoms with Gasteiger partial charge in [-0.3, -0.25) is 9.59 Å². The van der Waals surface area contributed by atoms with E-state index in [1.165, 1.54) is 18.2 Å². The van der Waals surface area contributed by atoms with Crippen LogP contribution in [0.2, 0.25) is 5.02 Å². The molecule has 2 aromatic rings. The lowest BCUT2D eigenvalue weighted by Gasteiger charge is -2.19. The maximum absolute atomic E-state index is 14.1. The lowest BCUT2D eigenvalue weighted by molar-refractivity contribution is -0.154. The molecule has 2 aromatic carbocycles. The molecule has 0 unspecified atom stereocenters. The van der Waals surface area contributed by atoms with Crippen LogP contribution in [0.15, 0.2) is 36.4 Å². The van der Waals surface area contributed by atoms with Crippen molar-refractivity contribution in [2.45, 2.75) is 51.8 Å². The summed E-state index contributed by atoms with van der Waals surface area (Å²) in [5, 5.41) is -0.459. The Hall–Kier alpha value is -2.41. The number of benzene rings is 2. The standard InChI is InChI=1S/C22H21ClF4O3/c1-21(2,3)30-20(29)11-13-5-7-19(24)15(8-13)12-16(28)9-14-4-6-18(23)17(10-14)22(25,26)27/h4-8,10H,9,11-12H2,1-3H3. The van der Waals surface area contributed by atoms with Crippen LogP contribution in [0.3, 0.4) is 0 Å². The molecule has 0 radical (unpaired) electrons. The highest BCUT2D eigenvalue weighted by atomic mass is 35.5. The summed E-state index contributed by atoms with van der Waals surface area (Å²) in [4.78, 5) is 24.3. The number of carbonyl (C=O) groups is 2. The lowest BCUT2D eigenvalue weighted by atomic mass is 9.99. The quantitative estimate of drug-likeness (QED) is 0.421. The summed E-state index contributed by atoms with van der Waals surface area (Å²) in [6.45, 7) is 5.17. The summed E-state index contributed by atoms with van der Waals surface area (Å²) in [7, 11) is 0. The molecule has 0 bridgehead atoms. The van der Waals surface area contributed by atoms with Gasteiger partial charge in [0.05, 0.1) is 17.0 Å². The number of ether oxygens (including phenoxy) is 1. The van der Waals surface area contributed by atoms with Gasteiger partial charge in [0, 0.05) is 12.8 Å². The number of hydrogen-bond donors (Lipinski definition) is 0. The molecule has 0 fully saturated rings. The zero-order valence-electron chi connectivity index (χ0n) is 16.7. The van der Waals surface area contributed by atoms with Crippen LogP contribution in [0.4, 0.5) is 17.6 Å². The van der Waals surface area contributed by atoms with Crippen LogP contribution in [0, 0.1) is 5.82 Å². The third kappa shape index (κ3) is 7.13. The Morgan fingerprint density at radius 3 is 2.13 bits per heavy atom. The monoisotopic (exact) mass is 444 g/mol. The van der Waals surface area contributed by atoms with Crippen molar-refractivity contribution in [2.75, 3.05) is 0 Å². The molecule has 0 saturated carbocycles. The Morgan fingerprint density at radius 2 is 1.53 bits per heavy atom. The van der Waals surface area contributed by atoms with Crippen LogP contribution < -0.4 is 0 Å². The zero-order valence-corrected chi connectivity index (χ0v) is 17.5. The van der Waals surface area contributed by atoms with Crippen molar-refractivity contribution in [3.63, 3.8) is 0 Å². The molecule has 2 rings (SSSR count). The summed E-state index contributed by atoms with van der Waals surface area (Å²) in [5.74, 6) is -1.60. The summed E-state index contributed by atoms with van der Waals surface area (Å²) < 4.78 is 58.2. The van der Waals surface area contributed by atoms with E-state index in [-0.39, 0.29) is 30.4 Å². The number of Topliss-reactive ketones (excluding diaryl/α,β-unsaturated/α-hetero) is 1. The first-order valence-corrected chi connectivity index (χ1v) is 9.49. The number of alkyl halides is 3. The van der Waals surface area contributed by atoms with Crippen LogP contribution in [-0.4, -0.2) is 17.4 Å². The van der Waals surface area contributed by atoms with E-state index >= 15 is 0 Å². The molecule has 0 saturated heterocycles. The van der Waals surface area contributed by atoms with Crippen LogP contribution in [0.5, 0.6) is 0 Å². The smallest absolute Gasteiger partial charge is 0.417 e. The summed E-state index contributed by atoms with van der Waals surface area (Å²) >= 11 is 5.57. The predicted octanol–water partition coefficient (Wildman–Crippen LogP) is 5.74. The van der Waals surface area contributed by atoms with Gasteiger partial charge >= 0.3 is 12.1 Å². The van der Waals surface area contributed by atoms with Gasteiger partial charge in [-0.25, -0.2) is 4.39 Å². The molecular weight excluding hydrogens is 424 g/mol. The largest absolute Gasteiger partial charge is 0.460 e. The Morgan fingerprint density at radius 1 is 0.933 bits per heavy atom. The Kier molecular flexibility index (Phi) is 7.29. The molecule has 162 valence electrons.